The number of ether oxygens (including phenoxy) is 3. The van der Waals surface area contributed by atoms with Crippen LogP contribution in [0.4, 0.5) is 18.9 Å². The van der Waals surface area contributed by atoms with Gasteiger partial charge in [0.2, 0.25) is 5.91 Å². The van der Waals surface area contributed by atoms with E-state index in [-0.39, 0.29) is 12.1 Å². The monoisotopic (exact) mass is 478 g/mol. The molecular weight excluding hydrogens is 449 g/mol. The molecule has 34 heavy (non-hydrogen) atoms. The maximum absolute atomic E-state index is 13.7. The van der Waals surface area contributed by atoms with Crippen LogP contribution in [0.5, 0.6) is 11.5 Å². The Labute approximate surface area is 197 Å². The Hall–Kier alpha value is -3.20. The van der Waals surface area contributed by atoms with Gasteiger partial charge in [-0.15, -0.1) is 0 Å². The van der Waals surface area contributed by atoms with Crippen LogP contribution in [0.3, 0.4) is 0 Å². The quantitative estimate of drug-likeness (QED) is 0.531. The zero-order chi connectivity index (χ0) is 24.6. The van der Waals surface area contributed by atoms with Gasteiger partial charge >= 0.3 is 6.18 Å². The number of amides is 1. The molecule has 0 bridgehead atoms. The minimum absolute atomic E-state index is 0.00496. The van der Waals surface area contributed by atoms with E-state index in [2.05, 4.69) is 5.32 Å². The van der Waals surface area contributed by atoms with E-state index in [1.54, 1.807) is 30.3 Å². The van der Waals surface area contributed by atoms with Crippen LogP contribution in [0.1, 0.15) is 30.0 Å². The summed E-state index contributed by atoms with van der Waals surface area (Å²) in [7, 11) is 1.52. The van der Waals surface area contributed by atoms with Crippen LogP contribution in [0, 0.1) is 0 Å². The lowest BCUT2D eigenvalue weighted by molar-refractivity contribution is -0.138. The van der Waals surface area contributed by atoms with E-state index in [9.17, 15) is 18.0 Å². The molecule has 1 amide bonds. The van der Waals surface area contributed by atoms with Gasteiger partial charge in [-0.3, -0.25) is 4.79 Å². The predicted molar refractivity (Wildman–Crippen MR) is 124 cm³/mol. The average molecular weight is 479 g/mol. The van der Waals surface area contributed by atoms with Gasteiger partial charge in [-0.25, -0.2) is 0 Å². The number of halogens is 3. The molecule has 1 heterocycles. The molecule has 1 N–H and O–H groups in total. The second-order valence-corrected chi connectivity index (χ2v) is 7.75. The minimum atomic E-state index is -4.53. The molecular formula is C25H29F3N2O4. The summed E-state index contributed by atoms with van der Waals surface area (Å²) in [6, 6.07) is 9.43. The summed E-state index contributed by atoms with van der Waals surface area (Å²) < 4.78 is 57.2. The van der Waals surface area contributed by atoms with Crippen LogP contribution in [-0.4, -0.2) is 45.9 Å². The van der Waals surface area contributed by atoms with Crippen LogP contribution in [-0.2, 0) is 22.3 Å². The molecule has 0 radical (unpaired) electrons. The van der Waals surface area contributed by atoms with E-state index >= 15 is 0 Å². The van der Waals surface area contributed by atoms with Crippen LogP contribution < -0.4 is 19.7 Å². The van der Waals surface area contributed by atoms with Gasteiger partial charge in [-0.1, -0.05) is 19.1 Å². The molecule has 6 nitrogen and oxygen atoms in total. The van der Waals surface area contributed by atoms with Gasteiger partial charge in [0.1, 0.15) is 0 Å². The van der Waals surface area contributed by atoms with Gasteiger partial charge in [0.25, 0.3) is 0 Å². The average Bonchev–Trinajstić information content (AvgIpc) is 2.85. The fraction of sp³-hybridized carbons (Fsp3) is 0.400. The third-order valence-electron chi connectivity index (χ3n) is 5.30. The molecule has 184 valence electrons. The predicted octanol–water partition coefficient (Wildman–Crippen LogP) is 4.67. The molecule has 1 saturated heterocycles. The van der Waals surface area contributed by atoms with Crippen LogP contribution >= 0.6 is 0 Å². The molecule has 2 aromatic carbocycles. The third kappa shape index (κ3) is 6.90. The van der Waals surface area contributed by atoms with E-state index in [1.807, 2.05) is 11.8 Å². The van der Waals surface area contributed by atoms with Gasteiger partial charge in [0.15, 0.2) is 11.5 Å². The molecule has 0 aromatic heterocycles. The number of alkyl halides is 3. The number of anilines is 1. The number of benzene rings is 2. The summed E-state index contributed by atoms with van der Waals surface area (Å²) in [6.07, 6.45) is -0.836. The van der Waals surface area contributed by atoms with E-state index < -0.39 is 17.6 Å². The van der Waals surface area contributed by atoms with Crippen molar-refractivity contribution in [3.63, 3.8) is 0 Å². The van der Waals surface area contributed by atoms with Crippen LogP contribution in [0.2, 0.25) is 0 Å². The van der Waals surface area contributed by atoms with Crippen LogP contribution in [0.15, 0.2) is 42.5 Å². The van der Waals surface area contributed by atoms with E-state index in [0.29, 0.717) is 55.7 Å². The first kappa shape index (κ1) is 25.4. The van der Waals surface area contributed by atoms with E-state index in [1.165, 1.54) is 19.3 Å². The first-order valence-corrected chi connectivity index (χ1v) is 11.1. The number of carbonyl (C=O) groups is 1. The summed E-state index contributed by atoms with van der Waals surface area (Å²) in [4.78, 5) is 14.1. The third-order valence-corrected chi connectivity index (χ3v) is 5.30. The summed E-state index contributed by atoms with van der Waals surface area (Å²) >= 11 is 0. The summed E-state index contributed by atoms with van der Waals surface area (Å²) in [6.45, 7) is 4.34. The maximum atomic E-state index is 13.7. The Kier molecular flexibility index (Phi) is 8.81. The van der Waals surface area contributed by atoms with Crippen molar-refractivity contribution in [1.82, 2.24) is 5.32 Å². The lowest BCUT2D eigenvalue weighted by Gasteiger charge is -2.29. The molecule has 3 rings (SSSR count). The fourth-order valence-corrected chi connectivity index (χ4v) is 3.53. The minimum Gasteiger partial charge on any atom is -0.493 e. The number of hydrogen-bond acceptors (Lipinski definition) is 5. The highest BCUT2D eigenvalue weighted by Crippen LogP contribution is 2.35. The molecule has 1 aliphatic heterocycles. The molecule has 0 atom stereocenters. The molecule has 0 saturated carbocycles. The number of nitrogens with zero attached hydrogens (tertiary/aromatic N) is 1. The molecule has 2 aromatic rings. The first-order valence-electron chi connectivity index (χ1n) is 11.1. The first-order chi connectivity index (χ1) is 16.3. The Morgan fingerprint density at radius 2 is 1.91 bits per heavy atom. The molecule has 1 aliphatic rings. The summed E-state index contributed by atoms with van der Waals surface area (Å²) in [5.41, 5.74) is 0.436. The van der Waals surface area contributed by atoms with Crippen molar-refractivity contribution in [3.05, 3.63) is 59.2 Å². The Bertz CT molecular complexity index is 1000. The van der Waals surface area contributed by atoms with Gasteiger partial charge in [0.05, 0.1) is 32.5 Å². The summed E-state index contributed by atoms with van der Waals surface area (Å²) in [5.74, 6) is 0.632. The van der Waals surface area contributed by atoms with Crippen molar-refractivity contribution >= 4 is 17.7 Å². The lowest BCUT2D eigenvalue weighted by atomic mass is 10.0. The number of morpholine rings is 1. The zero-order valence-electron chi connectivity index (χ0n) is 19.3. The van der Waals surface area contributed by atoms with Gasteiger partial charge < -0.3 is 24.4 Å². The fourth-order valence-electron chi connectivity index (χ4n) is 3.53. The van der Waals surface area contributed by atoms with Gasteiger partial charge in [-0.05, 0) is 47.9 Å². The zero-order valence-corrected chi connectivity index (χ0v) is 19.3. The molecule has 1 fully saturated rings. The lowest BCUT2D eigenvalue weighted by Crippen LogP contribution is -2.36. The van der Waals surface area contributed by atoms with Crippen molar-refractivity contribution in [2.75, 3.05) is 44.9 Å². The van der Waals surface area contributed by atoms with Gasteiger partial charge in [-0.2, -0.15) is 13.2 Å². The highest BCUT2D eigenvalue weighted by atomic mass is 19.4. The number of rotatable bonds is 9. The maximum Gasteiger partial charge on any atom is 0.416 e. The molecule has 0 aliphatic carbocycles. The Morgan fingerprint density at radius 3 is 2.59 bits per heavy atom. The highest BCUT2D eigenvalue weighted by molar-refractivity contribution is 5.91. The number of methoxy groups -OCH3 is 1. The van der Waals surface area contributed by atoms with Crippen molar-refractivity contribution < 1.29 is 32.2 Å². The van der Waals surface area contributed by atoms with Gasteiger partial charge in [0, 0.05) is 31.4 Å². The Balaban J connectivity index is 1.66. The second kappa shape index (κ2) is 11.8. The standard InChI is InChI=1S/C25H29F3N2O4/c1-3-12-34-22-8-4-18(15-23(22)32-2)5-9-24(31)29-17-19-6-7-20(16-21(19)25(26,27)28)30-10-13-33-14-11-30/h4-9,15-16H,3,10-14,17H2,1-2H3,(H,29,31). The van der Waals surface area contributed by atoms with E-state index in [0.717, 1.165) is 12.5 Å². The Morgan fingerprint density at radius 1 is 1.15 bits per heavy atom. The number of carbonyl (C=O) groups excluding carboxylic acids is 1. The van der Waals surface area contributed by atoms with Crippen molar-refractivity contribution in [1.29, 1.82) is 0 Å². The SMILES string of the molecule is CCCOc1ccc(C=CC(=O)NCc2ccc(N3CCOCC3)cc2C(F)(F)F)cc1OC. The highest BCUT2D eigenvalue weighted by Gasteiger charge is 2.34. The molecule has 0 unspecified atom stereocenters. The topological polar surface area (TPSA) is 60.0 Å². The number of nitrogens with one attached hydrogen (secondary N) is 1. The van der Waals surface area contributed by atoms with Crippen molar-refractivity contribution in [2.24, 2.45) is 0 Å². The van der Waals surface area contributed by atoms with Crippen molar-refractivity contribution in [3.8, 4) is 11.5 Å². The smallest absolute Gasteiger partial charge is 0.416 e. The molecule has 9 heteroatoms. The normalized spacial score (nSPS) is 14.3. The van der Waals surface area contributed by atoms with Crippen LogP contribution in [0.25, 0.3) is 6.08 Å². The second-order valence-electron chi connectivity index (χ2n) is 7.75. The van der Waals surface area contributed by atoms with E-state index in [4.69, 9.17) is 14.2 Å². The number of hydrogen-bond donors (Lipinski definition) is 1. The largest absolute Gasteiger partial charge is 0.493 e. The summed E-state index contributed by atoms with van der Waals surface area (Å²) in [5, 5.41) is 2.53. The molecule has 0 spiro atoms. The van der Waals surface area contributed by atoms with Crippen molar-refractivity contribution in [2.45, 2.75) is 26.1 Å².